The fraction of sp³-hybridized carbons (Fsp3) is 1.00. The van der Waals surface area contributed by atoms with Crippen molar-refractivity contribution in [1.29, 1.82) is 0 Å². The first kappa shape index (κ1) is 10.4. The third-order valence-corrected chi connectivity index (χ3v) is 4.00. The highest BCUT2D eigenvalue weighted by Gasteiger charge is 2.42. The molecule has 0 aromatic heterocycles. The smallest absolute Gasteiger partial charge is 0.248 e. The maximum atomic E-state index is 10.8. The second kappa shape index (κ2) is 3.18. The molecule has 2 rings (SSSR count). The van der Waals surface area contributed by atoms with E-state index >= 15 is 0 Å². The Balaban J connectivity index is 1.86. The van der Waals surface area contributed by atoms with E-state index in [0.717, 1.165) is 12.8 Å². The maximum Gasteiger partial charge on any atom is 0.399 e. The third kappa shape index (κ3) is 2.10. The van der Waals surface area contributed by atoms with Crippen LogP contribution < -0.4 is 0 Å². The molecule has 1 saturated carbocycles. The fourth-order valence-corrected chi connectivity index (χ4v) is 3.14. The van der Waals surface area contributed by atoms with Crippen molar-refractivity contribution in [3.63, 3.8) is 0 Å². The zero-order chi connectivity index (χ0) is 10.4. The van der Waals surface area contributed by atoms with Gasteiger partial charge in [0.1, 0.15) is 0 Å². The van der Waals surface area contributed by atoms with Gasteiger partial charge in [-0.3, -0.25) is 0 Å². The highest BCUT2D eigenvalue weighted by Crippen LogP contribution is 2.48. The Hall–Kier alpha value is -0.130. The first-order chi connectivity index (χ1) is 6.38. The van der Waals surface area contributed by atoms with E-state index < -0.39 is 10.4 Å². The predicted octanol–water partition coefficient (Wildman–Crippen LogP) is 1.33. The summed E-state index contributed by atoms with van der Waals surface area (Å²) < 4.78 is 30.9. The van der Waals surface area contributed by atoms with Crippen LogP contribution in [0.1, 0.15) is 26.7 Å². The molecular formula is C9H16O4S. The number of hydrogen-bond acceptors (Lipinski definition) is 4. The summed E-state index contributed by atoms with van der Waals surface area (Å²) in [5.74, 6) is 0.826. The molecule has 0 radical (unpaired) electrons. The van der Waals surface area contributed by atoms with Crippen LogP contribution in [-0.2, 0) is 18.8 Å². The van der Waals surface area contributed by atoms with Gasteiger partial charge in [-0.15, -0.1) is 0 Å². The van der Waals surface area contributed by atoms with Crippen molar-refractivity contribution in [2.75, 3.05) is 13.2 Å². The zero-order valence-electron chi connectivity index (χ0n) is 8.52. The summed E-state index contributed by atoms with van der Waals surface area (Å²) in [4.78, 5) is 0. The van der Waals surface area contributed by atoms with Gasteiger partial charge < -0.3 is 0 Å². The van der Waals surface area contributed by atoms with Crippen LogP contribution in [0.5, 0.6) is 0 Å². The molecule has 0 spiro atoms. The van der Waals surface area contributed by atoms with Crippen LogP contribution >= 0.6 is 0 Å². The second-order valence-corrected chi connectivity index (χ2v) is 6.36. The van der Waals surface area contributed by atoms with Gasteiger partial charge in [0.2, 0.25) is 0 Å². The van der Waals surface area contributed by atoms with Gasteiger partial charge in [0.15, 0.2) is 0 Å². The molecule has 0 amide bonds. The van der Waals surface area contributed by atoms with Crippen molar-refractivity contribution in [3.05, 3.63) is 0 Å². The van der Waals surface area contributed by atoms with Crippen LogP contribution in [0, 0.1) is 17.3 Å². The molecule has 4 nitrogen and oxygen atoms in total. The fourth-order valence-electron chi connectivity index (χ4n) is 2.39. The lowest BCUT2D eigenvalue weighted by atomic mass is 9.60. The van der Waals surface area contributed by atoms with Gasteiger partial charge in [-0.25, -0.2) is 8.37 Å². The van der Waals surface area contributed by atoms with Crippen LogP contribution in [0.15, 0.2) is 0 Å². The molecular weight excluding hydrogens is 204 g/mol. The number of hydrogen-bond donors (Lipinski definition) is 0. The minimum absolute atomic E-state index is 0.256. The van der Waals surface area contributed by atoms with Crippen molar-refractivity contribution in [2.24, 2.45) is 17.3 Å². The quantitative estimate of drug-likeness (QED) is 0.669. The average Bonchev–Trinajstić information content (AvgIpc) is 2.00. The second-order valence-electron chi connectivity index (χ2n) is 5.07. The van der Waals surface area contributed by atoms with Crippen molar-refractivity contribution >= 4 is 10.4 Å². The Bertz CT molecular complexity index is 298. The maximum absolute atomic E-state index is 10.8. The summed E-state index contributed by atoms with van der Waals surface area (Å²) in [6.45, 7) is 5.04. The molecule has 1 heterocycles. The SMILES string of the molecule is CC1(C)CC(C2COS(=O)(=O)OC2)C1. The van der Waals surface area contributed by atoms with Crippen molar-refractivity contribution < 1.29 is 16.8 Å². The van der Waals surface area contributed by atoms with E-state index in [1.54, 1.807) is 0 Å². The largest absolute Gasteiger partial charge is 0.399 e. The Morgan fingerprint density at radius 3 is 2.00 bits per heavy atom. The van der Waals surface area contributed by atoms with Gasteiger partial charge in [-0.1, -0.05) is 13.8 Å². The molecule has 0 aromatic rings. The molecule has 2 aliphatic rings. The molecule has 0 unspecified atom stereocenters. The molecule has 14 heavy (non-hydrogen) atoms. The highest BCUT2D eigenvalue weighted by atomic mass is 32.3. The molecule has 0 atom stereocenters. The molecule has 0 bridgehead atoms. The Morgan fingerprint density at radius 2 is 1.57 bits per heavy atom. The van der Waals surface area contributed by atoms with Crippen molar-refractivity contribution in [3.8, 4) is 0 Å². The van der Waals surface area contributed by atoms with Gasteiger partial charge >= 0.3 is 10.4 Å². The summed E-state index contributed by atoms with van der Waals surface area (Å²) in [7, 11) is -3.66. The summed E-state index contributed by atoms with van der Waals surface area (Å²) in [6, 6.07) is 0. The monoisotopic (exact) mass is 220 g/mol. The van der Waals surface area contributed by atoms with Crippen LogP contribution in [-0.4, -0.2) is 21.6 Å². The first-order valence-electron chi connectivity index (χ1n) is 4.92. The molecule has 5 heteroatoms. The van der Waals surface area contributed by atoms with Gasteiger partial charge in [0.05, 0.1) is 13.2 Å². The average molecular weight is 220 g/mol. The van der Waals surface area contributed by atoms with Gasteiger partial charge in [0.25, 0.3) is 0 Å². The predicted molar refractivity (Wildman–Crippen MR) is 50.8 cm³/mol. The van der Waals surface area contributed by atoms with E-state index in [0.29, 0.717) is 24.5 Å². The highest BCUT2D eigenvalue weighted by molar-refractivity contribution is 7.81. The zero-order valence-corrected chi connectivity index (χ0v) is 9.34. The topological polar surface area (TPSA) is 52.6 Å². The molecule has 1 aliphatic heterocycles. The minimum Gasteiger partial charge on any atom is -0.248 e. The van der Waals surface area contributed by atoms with Gasteiger partial charge in [-0.05, 0) is 24.2 Å². The van der Waals surface area contributed by atoms with E-state index in [2.05, 4.69) is 22.2 Å². The molecule has 82 valence electrons. The lowest BCUT2D eigenvalue weighted by Crippen LogP contribution is -2.42. The molecule has 2 fully saturated rings. The van der Waals surface area contributed by atoms with Gasteiger partial charge in [-0.2, -0.15) is 8.42 Å². The number of rotatable bonds is 1. The summed E-state index contributed by atoms with van der Waals surface area (Å²) in [5.41, 5.74) is 0.418. The van der Waals surface area contributed by atoms with E-state index in [1.165, 1.54) is 0 Å². The van der Waals surface area contributed by atoms with E-state index in [9.17, 15) is 8.42 Å². The Labute approximate surface area is 84.9 Å². The van der Waals surface area contributed by atoms with Crippen LogP contribution in [0.3, 0.4) is 0 Å². The third-order valence-electron chi connectivity index (χ3n) is 3.15. The lowest BCUT2D eigenvalue weighted by molar-refractivity contribution is -0.0127. The minimum atomic E-state index is -3.66. The normalized spacial score (nSPS) is 32.4. The summed E-state index contributed by atoms with van der Waals surface area (Å²) in [6.07, 6.45) is 2.29. The van der Waals surface area contributed by atoms with Crippen LogP contribution in [0.2, 0.25) is 0 Å². The lowest BCUT2D eigenvalue weighted by Gasteiger charge is -2.46. The Kier molecular flexibility index (Phi) is 2.36. The van der Waals surface area contributed by atoms with E-state index in [4.69, 9.17) is 0 Å². The summed E-state index contributed by atoms with van der Waals surface area (Å²) >= 11 is 0. The first-order valence-corrected chi connectivity index (χ1v) is 6.25. The van der Waals surface area contributed by atoms with E-state index in [-0.39, 0.29) is 5.92 Å². The summed E-state index contributed by atoms with van der Waals surface area (Å²) in [5, 5.41) is 0. The van der Waals surface area contributed by atoms with Crippen molar-refractivity contribution in [1.82, 2.24) is 0 Å². The Morgan fingerprint density at radius 1 is 1.07 bits per heavy atom. The molecule has 1 aliphatic carbocycles. The van der Waals surface area contributed by atoms with Gasteiger partial charge in [0, 0.05) is 5.92 Å². The van der Waals surface area contributed by atoms with Crippen LogP contribution in [0.25, 0.3) is 0 Å². The molecule has 0 N–H and O–H groups in total. The standard InChI is InChI=1S/C9H16O4S/c1-9(2)3-7(4-9)8-5-12-14(10,11)13-6-8/h7-8H,3-6H2,1-2H3. The van der Waals surface area contributed by atoms with E-state index in [1.807, 2.05) is 0 Å². The molecule has 1 saturated heterocycles. The van der Waals surface area contributed by atoms with Crippen LogP contribution in [0.4, 0.5) is 0 Å². The van der Waals surface area contributed by atoms with Crippen molar-refractivity contribution in [2.45, 2.75) is 26.7 Å². The molecule has 0 aromatic carbocycles.